The molecule has 0 fully saturated rings. The summed E-state index contributed by atoms with van der Waals surface area (Å²) in [4.78, 5) is 16.0. The van der Waals surface area contributed by atoms with Gasteiger partial charge in [-0.25, -0.2) is 4.39 Å². The summed E-state index contributed by atoms with van der Waals surface area (Å²) in [6.45, 7) is 24.8. The van der Waals surface area contributed by atoms with Crippen LogP contribution in [-0.4, -0.2) is 47.2 Å². The van der Waals surface area contributed by atoms with Crippen molar-refractivity contribution in [3.8, 4) is 11.5 Å². The Morgan fingerprint density at radius 3 is 2.05 bits per heavy atom. The highest BCUT2D eigenvalue weighted by Crippen LogP contribution is 2.46. The molecule has 0 unspecified atom stereocenters. The van der Waals surface area contributed by atoms with E-state index < -0.39 is 16.6 Å². The van der Waals surface area contributed by atoms with Crippen molar-refractivity contribution < 1.29 is 22.8 Å². The maximum absolute atomic E-state index is 14.2. The summed E-state index contributed by atoms with van der Waals surface area (Å²) in [7, 11) is -2.78. The van der Waals surface area contributed by atoms with Crippen LogP contribution in [0.3, 0.4) is 0 Å². The van der Waals surface area contributed by atoms with Gasteiger partial charge < -0.3 is 24.2 Å². The van der Waals surface area contributed by atoms with Crippen molar-refractivity contribution in [2.24, 2.45) is 0 Å². The zero-order valence-electron chi connectivity index (χ0n) is 28.3. The molecule has 2 aromatic rings. The molecule has 0 aliphatic carbocycles. The molecule has 0 saturated heterocycles. The van der Waals surface area contributed by atoms with E-state index in [0.717, 1.165) is 11.1 Å². The summed E-state index contributed by atoms with van der Waals surface area (Å²) in [5, 5.41) is 0.0295. The quantitative estimate of drug-likeness (QED) is 0.198. The van der Waals surface area contributed by atoms with Crippen LogP contribution in [-0.2, 0) is 4.43 Å². The molecule has 9 heteroatoms. The molecule has 6 nitrogen and oxygen atoms in total. The van der Waals surface area contributed by atoms with Gasteiger partial charge in [-0.1, -0.05) is 74.4 Å². The fourth-order valence-electron chi connectivity index (χ4n) is 6.10. The van der Waals surface area contributed by atoms with Crippen molar-refractivity contribution in [2.45, 2.75) is 110 Å². The third kappa shape index (κ3) is 7.20. The minimum Gasteiger partial charge on any atom is -0.540 e. The number of nitrogen functional groups attached to an aromatic ring is 1. The Balaban J connectivity index is 2.03. The molecule has 2 aromatic carbocycles. The fraction of sp³-hybridized carbons (Fsp3) is 0.559. The Bertz CT molecular complexity index is 1300. The summed E-state index contributed by atoms with van der Waals surface area (Å²) in [6, 6.07) is 9.62. The van der Waals surface area contributed by atoms with Crippen LogP contribution in [0.1, 0.15) is 84.7 Å². The number of carbonyl (C=O) groups is 1. The van der Waals surface area contributed by atoms with Gasteiger partial charge in [0.15, 0.2) is 14.1 Å². The molecule has 0 bridgehead atoms. The number of carbonyl (C=O) groups excluding carboxylic acids is 1. The summed E-state index contributed by atoms with van der Waals surface area (Å²) in [5.41, 5.74) is 10.2. The molecule has 0 radical (unpaired) electrons. The number of halogens is 1. The van der Waals surface area contributed by atoms with E-state index in [1.165, 1.54) is 12.1 Å². The highest BCUT2D eigenvalue weighted by atomic mass is 28.4. The molecular weight excluding hydrogens is 576 g/mol. The van der Waals surface area contributed by atoms with Crippen LogP contribution in [0, 0.1) is 5.82 Å². The van der Waals surface area contributed by atoms with Crippen LogP contribution in [0.5, 0.6) is 11.5 Å². The molecule has 1 heterocycles. The van der Waals surface area contributed by atoms with Crippen molar-refractivity contribution >= 4 is 33.8 Å². The highest BCUT2D eigenvalue weighted by molar-refractivity contribution is 6.78. The Labute approximate surface area is 261 Å². The summed E-state index contributed by atoms with van der Waals surface area (Å²) >= 11 is 0. The molecule has 238 valence electrons. The van der Waals surface area contributed by atoms with Gasteiger partial charge in [-0.05, 0) is 70.5 Å². The standard InChI is InChI=1S/C34H53FN2O4Si2/c1-22(2)43(23(3)4,24(5)6)41-32-19-30(36)29(18-31(32)39-10)33(38)37-20-26(25-13-15-27(35)16-14-25)17-28(37)21-40-42(11,12)34(7,8)9/h13-16,18-20,22-24,28H,17,21,36H2,1-12H3/t28-/m0/s1. The molecular formula is C34H53FN2O4Si2. The molecule has 0 saturated carbocycles. The van der Waals surface area contributed by atoms with Crippen LogP contribution in [0.2, 0.25) is 34.8 Å². The second-order valence-electron chi connectivity index (χ2n) is 14.3. The van der Waals surface area contributed by atoms with Gasteiger partial charge in [0.2, 0.25) is 0 Å². The maximum Gasteiger partial charge on any atom is 0.260 e. The number of nitrogens with two attached hydrogens (primary N) is 1. The van der Waals surface area contributed by atoms with Crippen LogP contribution in [0.25, 0.3) is 5.57 Å². The van der Waals surface area contributed by atoms with E-state index in [4.69, 9.17) is 19.3 Å². The van der Waals surface area contributed by atoms with Gasteiger partial charge in [0, 0.05) is 18.0 Å². The van der Waals surface area contributed by atoms with Crippen molar-refractivity contribution in [3.05, 3.63) is 59.5 Å². The van der Waals surface area contributed by atoms with Crippen molar-refractivity contribution in [3.63, 3.8) is 0 Å². The number of hydrogen-bond donors (Lipinski definition) is 1. The number of rotatable bonds is 11. The van der Waals surface area contributed by atoms with E-state index >= 15 is 0 Å². The van der Waals surface area contributed by atoms with Gasteiger partial charge in [0.25, 0.3) is 14.2 Å². The van der Waals surface area contributed by atoms with Crippen LogP contribution in [0.4, 0.5) is 10.1 Å². The number of ether oxygens (including phenoxy) is 1. The first kappa shape index (κ1) is 34.9. The van der Waals surface area contributed by atoms with E-state index in [0.29, 0.717) is 52.4 Å². The number of nitrogens with zero attached hydrogens (tertiary/aromatic N) is 1. The summed E-state index contributed by atoms with van der Waals surface area (Å²) in [5.74, 6) is 0.548. The lowest BCUT2D eigenvalue weighted by atomic mass is 10.0. The zero-order valence-corrected chi connectivity index (χ0v) is 30.3. The van der Waals surface area contributed by atoms with E-state index in [9.17, 15) is 9.18 Å². The maximum atomic E-state index is 14.2. The molecule has 1 atom stereocenters. The first-order chi connectivity index (χ1) is 19.9. The van der Waals surface area contributed by atoms with E-state index in [2.05, 4.69) is 75.4 Å². The average Bonchev–Trinajstić information content (AvgIpc) is 3.33. The third-order valence-corrected chi connectivity index (χ3v) is 20.1. The third-order valence-electron chi connectivity index (χ3n) is 9.60. The second kappa shape index (κ2) is 13.2. The molecule has 2 N–H and O–H groups in total. The predicted molar refractivity (Wildman–Crippen MR) is 181 cm³/mol. The molecule has 1 amide bonds. The van der Waals surface area contributed by atoms with Crippen molar-refractivity contribution in [1.29, 1.82) is 0 Å². The van der Waals surface area contributed by atoms with Gasteiger partial charge >= 0.3 is 0 Å². The SMILES string of the molecule is COc1cc(C(=O)N2C=C(c3ccc(F)cc3)C[C@H]2CO[Si](C)(C)C(C)(C)C)c(N)cc1O[Si](C(C)C)(C(C)C)C(C)C. The molecule has 0 spiro atoms. The van der Waals surface area contributed by atoms with E-state index in [1.54, 1.807) is 36.3 Å². The second-order valence-corrected chi connectivity index (χ2v) is 24.5. The molecule has 3 rings (SSSR count). The Kier molecular flexibility index (Phi) is 10.7. The van der Waals surface area contributed by atoms with Gasteiger partial charge in [-0.3, -0.25) is 4.79 Å². The topological polar surface area (TPSA) is 74.0 Å². The smallest absolute Gasteiger partial charge is 0.260 e. The molecule has 1 aliphatic rings. The summed E-state index contributed by atoms with van der Waals surface area (Å²) < 4.78 is 33.0. The zero-order chi connectivity index (χ0) is 32.5. The molecule has 1 aliphatic heterocycles. The lowest BCUT2D eigenvalue weighted by Gasteiger charge is -2.42. The fourth-order valence-corrected chi connectivity index (χ4v) is 12.4. The minimum absolute atomic E-state index is 0.0295. The van der Waals surface area contributed by atoms with Gasteiger partial charge in [-0.15, -0.1) is 0 Å². The Hall–Kier alpha value is -2.63. The normalized spacial score (nSPS) is 16.3. The number of anilines is 1. The minimum atomic E-state index is -2.29. The highest BCUT2D eigenvalue weighted by Gasteiger charge is 2.47. The van der Waals surface area contributed by atoms with Crippen LogP contribution in [0.15, 0.2) is 42.6 Å². The Morgan fingerprint density at radius 2 is 1.56 bits per heavy atom. The van der Waals surface area contributed by atoms with Crippen molar-refractivity contribution in [2.75, 3.05) is 19.5 Å². The van der Waals surface area contributed by atoms with Crippen LogP contribution >= 0.6 is 0 Å². The van der Waals surface area contributed by atoms with Gasteiger partial charge in [-0.2, -0.15) is 0 Å². The molecule has 43 heavy (non-hydrogen) atoms. The van der Waals surface area contributed by atoms with Gasteiger partial charge in [0.05, 0.1) is 25.3 Å². The van der Waals surface area contributed by atoms with Crippen molar-refractivity contribution in [1.82, 2.24) is 4.90 Å². The molecule has 0 aromatic heterocycles. The van der Waals surface area contributed by atoms with E-state index in [-0.39, 0.29) is 22.8 Å². The lowest BCUT2D eigenvalue weighted by Crippen LogP contribution is -2.50. The number of benzene rings is 2. The number of hydrogen-bond acceptors (Lipinski definition) is 5. The number of methoxy groups -OCH3 is 1. The monoisotopic (exact) mass is 628 g/mol. The lowest BCUT2D eigenvalue weighted by molar-refractivity contribution is 0.0738. The largest absolute Gasteiger partial charge is 0.540 e. The Morgan fingerprint density at radius 1 is 1.00 bits per heavy atom. The first-order valence-corrected chi connectivity index (χ1v) is 20.5. The average molecular weight is 629 g/mol. The van der Waals surface area contributed by atoms with Crippen LogP contribution < -0.4 is 14.9 Å². The predicted octanol–water partition coefficient (Wildman–Crippen LogP) is 9.25. The van der Waals surface area contributed by atoms with Gasteiger partial charge in [0.1, 0.15) is 11.6 Å². The number of amides is 1. The first-order valence-electron chi connectivity index (χ1n) is 15.5. The van der Waals surface area contributed by atoms with E-state index in [1.807, 2.05) is 6.20 Å². The summed E-state index contributed by atoms with van der Waals surface area (Å²) in [6.07, 6.45) is 2.45.